The molecule has 1 aromatic rings. The zero-order valence-electron chi connectivity index (χ0n) is 11.4. The van der Waals surface area contributed by atoms with Crippen LogP contribution in [-0.2, 0) is 6.54 Å². The predicted octanol–water partition coefficient (Wildman–Crippen LogP) is 2.21. The number of hydrogen-bond acceptors (Lipinski definition) is 3. The van der Waals surface area contributed by atoms with Crippen LogP contribution in [0.2, 0.25) is 0 Å². The average Bonchev–Trinajstić information content (AvgIpc) is 2.28. The molecule has 0 bridgehead atoms. The van der Waals surface area contributed by atoms with Crippen molar-refractivity contribution in [3.8, 4) is 5.75 Å². The Bertz CT molecular complexity index is 350. The van der Waals surface area contributed by atoms with E-state index in [-0.39, 0.29) is 0 Å². The van der Waals surface area contributed by atoms with Gasteiger partial charge in [0.15, 0.2) is 0 Å². The van der Waals surface area contributed by atoms with Crippen molar-refractivity contribution in [1.82, 2.24) is 4.90 Å². The first-order valence-electron chi connectivity index (χ1n) is 6.10. The molecule has 0 aliphatic carbocycles. The second-order valence-corrected chi connectivity index (χ2v) is 4.79. The number of nitrogens with two attached hydrogens (primary N) is 1. The summed E-state index contributed by atoms with van der Waals surface area (Å²) in [5.41, 5.74) is 8.20. The summed E-state index contributed by atoms with van der Waals surface area (Å²) in [5.74, 6) is 1.41. The summed E-state index contributed by atoms with van der Waals surface area (Å²) in [6.45, 7) is 3.86. The van der Waals surface area contributed by atoms with Crippen molar-refractivity contribution in [2.45, 2.75) is 25.8 Å². The molecule has 3 heteroatoms. The molecule has 0 aliphatic rings. The van der Waals surface area contributed by atoms with Gasteiger partial charge >= 0.3 is 0 Å². The molecular weight excluding hydrogens is 212 g/mol. The lowest BCUT2D eigenvalue weighted by Gasteiger charge is -2.17. The average molecular weight is 236 g/mol. The van der Waals surface area contributed by atoms with E-state index in [4.69, 9.17) is 10.5 Å². The summed E-state index contributed by atoms with van der Waals surface area (Å²) in [4.78, 5) is 2.17. The van der Waals surface area contributed by atoms with Gasteiger partial charge in [0.2, 0.25) is 0 Å². The van der Waals surface area contributed by atoms with Crippen LogP contribution >= 0.6 is 0 Å². The van der Waals surface area contributed by atoms with Crippen LogP contribution in [0.1, 0.15) is 30.4 Å². The second kappa shape index (κ2) is 6.62. The van der Waals surface area contributed by atoms with Gasteiger partial charge in [-0.15, -0.1) is 0 Å². The molecule has 1 atom stereocenters. The first-order valence-corrected chi connectivity index (χ1v) is 6.10. The topological polar surface area (TPSA) is 38.5 Å². The molecule has 1 aromatic carbocycles. The summed E-state index contributed by atoms with van der Waals surface area (Å²) in [7, 11) is 5.88. The first kappa shape index (κ1) is 14.0. The minimum absolute atomic E-state index is 0.442. The minimum Gasteiger partial charge on any atom is -0.496 e. The lowest BCUT2D eigenvalue weighted by Crippen LogP contribution is -2.12. The fourth-order valence-corrected chi connectivity index (χ4v) is 2.04. The highest BCUT2D eigenvalue weighted by atomic mass is 16.5. The van der Waals surface area contributed by atoms with Gasteiger partial charge in [-0.05, 0) is 50.2 Å². The molecule has 0 fully saturated rings. The molecule has 17 heavy (non-hydrogen) atoms. The van der Waals surface area contributed by atoms with Gasteiger partial charge in [0, 0.05) is 6.54 Å². The number of methoxy groups -OCH3 is 1. The Labute approximate surface area is 105 Å². The summed E-state index contributed by atoms with van der Waals surface area (Å²) >= 11 is 0. The van der Waals surface area contributed by atoms with Gasteiger partial charge in [0.1, 0.15) is 5.75 Å². The highest BCUT2D eigenvalue weighted by Gasteiger charge is 2.11. The minimum atomic E-state index is 0.442. The van der Waals surface area contributed by atoms with E-state index in [9.17, 15) is 0 Å². The van der Waals surface area contributed by atoms with Crippen LogP contribution in [0, 0.1) is 0 Å². The smallest absolute Gasteiger partial charge is 0.122 e. The number of nitrogens with zero attached hydrogens (tertiary/aromatic N) is 1. The van der Waals surface area contributed by atoms with Crippen molar-refractivity contribution >= 4 is 0 Å². The van der Waals surface area contributed by atoms with E-state index in [0.717, 1.165) is 18.7 Å². The van der Waals surface area contributed by atoms with Gasteiger partial charge in [0.05, 0.1) is 7.11 Å². The van der Waals surface area contributed by atoms with E-state index >= 15 is 0 Å². The van der Waals surface area contributed by atoms with Gasteiger partial charge < -0.3 is 15.4 Å². The lowest BCUT2D eigenvalue weighted by molar-refractivity contribution is 0.395. The van der Waals surface area contributed by atoms with E-state index in [0.29, 0.717) is 12.5 Å². The normalized spacial score (nSPS) is 12.8. The lowest BCUT2D eigenvalue weighted by atomic mass is 9.95. The Hall–Kier alpha value is -1.06. The van der Waals surface area contributed by atoms with Crippen molar-refractivity contribution in [1.29, 1.82) is 0 Å². The van der Waals surface area contributed by atoms with Crippen LogP contribution in [0.4, 0.5) is 0 Å². The fraction of sp³-hybridized carbons (Fsp3) is 0.571. The standard InChI is InChI=1S/C14H24N2O/c1-11(7-8-15)13-9-12(10-16(2)3)5-6-14(13)17-4/h5-6,9,11H,7-8,10,15H2,1-4H3. The van der Waals surface area contributed by atoms with Crippen LogP contribution in [0.15, 0.2) is 18.2 Å². The van der Waals surface area contributed by atoms with Crippen LogP contribution in [-0.4, -0.2) is 32.6 Å². The Balaban J connectivity index is 2.97. The van der Waals surface area contributed by atoms with Crippen LogP contribution in [0.5, 0.6) is 5.75 Å². The summed E-state index contributed by atoms with van der Waals surface area (Å²) in [6, 6.07) is 6.41. The third-order valence-corrected chi connectivity index (χ3v) is 2.92. The number of benzene rings is 1. The highest BCUT2D eigenvalue weighted by Crippen LogP contribution is 2.29. The summed E-state index contributed by atoms with van der Waals surface area (Å²) in [5, 5.41) is 0. The zero-order chi connectivity index (χ0) is 12.8. The van der Waals surface area contributed by atoms with E-state index < -0.39 is 0 Å². The molecule has 1 unspecified atom stereocenters. The maximum Gasteiger partial charge on any atom is 0.122 e. The third kappa shape index (κ3) is 4.02. The number of hydrogen-bond donors (Lipinski definition) is 1. The summed E-state index contributed by atoms with van der Waals surface area (Å²) in [6.07, 6.45) is 0.988. The molecule has 0 saturated heterocycles. The predicted molar refractivity (Wildman–Crippen MR) is 72.5 cm³/mol. The van der Waals surface area contributed by atoms with Gasteiger partial charge in [-0.2, -0.15) is 0 Å². The Morgan fingerprint density at radius 2 is 2.06 bits per heavy atom. The quantitative estimate of drug-likeness (QED) is 0.823. The molecule has 0 spiro atoms. The van der Waals surface area contributed by atoms with Crippen molar-refractivity contribution in [2.24, 2.45) is 5.73 Å². The van der Waals surface area contributed by atoms with Crippen LogP contribution < -0.4 is 10.5 Å². The molecule has 0 radical (unpaired) electrons. The molecule has 0 heterocycles. The van der Waals surface area contributed by atoms with Gasteiger partial charge in [-0.25, -0.2) is 0 Å². The van der Waals surface area contributed by atoms with Crippen LogP contribution in [0.25, 0.3) is 0 Å². The Kier molecular flexibility index (Phi) is 5.45. The van der Waals surface area contributed by atoms with Crippen molar-refractivity contribution in [3.63, 3.8) is 0 Å². The van der Waals surface area contributed by atoms with Gasteiger partial charge in [-0.1, -0.05) is 19.1 Å². The van der Waals surface area contributed by atoms with E-state index in [1.54, 1.807) is 7.11 Å². The van der Waals surface area contributed by atoms with E-state index in [1.807, 2.05) is 0 Å². The molecular formula is C14H24N2O. The zero-order valence-corrected chi connectivity index (χ0v) is 11.4. The fourth-order valence-electron chi connectivity index (χ4n) is 2.04. The van der Waals surface area contributed by atoms with Crippen molar-refractivity contribution < 1.29 is 4.74 Å². The Morgan fingerprint density at radius 3 is 2.59 bits per heavy atom. The van der Waals surface area contributed by atoms with E-state index in [1.165, 1.54) is 11.1 Å². The SMILES string of the molecule is COc1ccc(CN(C)C)cc1C(C)CCN. The molecule has 0 aromatic heterocycles. The van der Waals surface area contributed by atoms with Crippen LogP contribution in [0.3, 0.4) is 0 Å². The maximum absolute atomic E-state index is 5.63. The number of ether oxygens (including phenoxy) is 1. The molecule has 0 saturated carbocycles. The largest absolute Gasteiger partial charge is 0.496 e. The maximum atomic E-state index is 5.63. The summed E-state index contributed by atoms with van der Waals surface area (Å²) < 4.78 is 5.42. The number of rotatable bonds is 6. The van der Waals surface area contributed by atoms with Crippen molar-refractivity contribution in [3.05, 3.63) is 29.3 Å². The molecule has 96 valence electrons. The molecule has 2 N–H and O–H groups in total. The first-order chi connectivity index (χ1) is 8.08. The molecule has 0 amide bonds. The molecule has 0 aliphatic heterocycles. The van der Waals surface area contributed by atoms with Crippen molar-refractivity contribution in [2.75, 3.05) is 27.7 Å². The molecule has 3 nitrogen and oxygen atoms in total. The van der Waals surface area contributed by atoms with Gasteiger partial charge in [-0.3, -0.25) is 0 Å². The highest BCUT2D eigenvalue weighted by molar-refractivity contribution is 5.39. The molecule has 1 rings (SSSR count). The third-order valence-electron chi connectivity index (χ3n) is 2.92. The monoisotopic (exact) mass is 236 g/mol. The second-order valence-electron chi connectivity index (χ2n) is 4.79. The van der Waals surface area contributed by atoms with Gasteiger partial charge in [0.25, 0.3) is 0 Å². The Morgan fingerprint density at radius 1 is 1.35 bits per heavy atom. The van der Waals surface area contributed by atoms with E-state index in [2.05, 4.69) is 44.1 Å².